The Morgan fingerprint density at radius 2 is 1.96 bits per heavy atom. The summed E-state index contributed by atoms with van der Waals surface area (Å²) in [5.74, 6) is 1.34. The molecule has 1 N–H and O–H groups in total. The van der Waals surface area contributed by atoms with Gasteiger partial charge in [0, 0.05) is 50.0 Å². The predicted molar refractivity (Wildman–Crippen MR) is 96.5 cm³/mol. The Morgan fingerprint density at radius 3 is 2.81 bits per heavy atom. The number of aromatic amines is 1. The van der Waals surface area contributed by atoms with Gasteiger partial charge in [-0.05, 0) is 50.5 Å². The van der Waals surface area contributed by atoms with E-state index in [1.807, 2.05) is 4.90 Å². The minimum absolute atomic E-state index is 0.228. The Labute approximate surface area is 154 Å². The minimum atomic E-state index is 0.228. The van der Waals surface area contributed by atoms with Crippen LogP contribution in [0.15, 0.2) is 0 Å². The lowest BCUT2D eigenvalue weighted by atomic mass is 9.94. The number of carbonyl (C=O) groups excluding carboxylic acids is 2. The fourth-order valence-electron chi connectivity index (χ4n) is 5.14. The number of hydrogen-bond acceptors (Lipinski definition) is 3. The average Bonchev–Trinajstić information content (AvgIpc) is 3.11. The van der Waals surface area contributed by atoms with Gasteiger partial charge in [-0.2, -0.15) is 5.10 Å². The lowest BCUT2D eigenvalue weighted by Crippen LogP contribution is -2.41. The molecule has 4 aliphatic rings. The third kappa shape index (κ3) is 2.83. The Balaban J connectivity index is 1.18. The number of likely N-dealkylation sites (tertiary alicyclic amines) is 2. The molecule has 1 aromatic heterocycles. The first-order chi connectivity index (χ1) is 12.7. The number of aromatic nitrogens is 2. The molecule has 2 aliphatic heterocycles. The Bertz CT molecular complexity index is 723. The van der Waals surface area contributed by atoms with Crippen molar-refractivity contribution >= 4 is 11.8 Å². The number of hydrogen-bond donors (Lipinski definition) is 1. The van der Waals surface area contributed by atoms with Crippen molar-refractivity contribution in [3.8, 4) is 0 Å². The van der Waals surface area contributed by atoms with Crippen LogP contribution < -0.4 is 0 Å². The van der Waals surface area contributed by atoms with E-state index >= 15 is 0 Å². The van der Waals surface area contributed by atoms with Crippen LogP contribution in [0.1, 0.15) is 55.5 Å². The number of amides is 2. The molecule has 1 aromatic rings. The molecule has 2 atom stereocenters. The van der Waals surface area contributed by atoms with E-state index in [4.69, 9.17) is 0 Å². The number of carbonyl (C=O) groups is 2. The molecular weight excluding hydrogens is 328 g/mol. The van der Waals surface area contributed by atoms with Crippen molar-refractivity contribution in [2.24, 2.45) is 11.8 Å². The SMILES string of the molecule is O=C(CCc1n[nH]c2c1CCCC2)N1C[C@H]2CCN(C(=O)C3CC3)[C@H]2C1. The van der Waals surface area contributed by atoms with E-state index in [0.29, 0.717) is 18.2 Å². The molecule has 2 saturated heterocycles. The van der Waals surface area contributed by atoms with Crippen molar-refractivity contribution in [3.05, 3.63) is 17.0 Å². The standard InChI is InChI=1S/C20H28N4O2/c25-19(8-7-17-15-3-1-2-4-16(15)21-22-17)23-11-14-9-10-24(18(14)12-23)20(26)13-5-6-13/h13-14,18H,1-12H2,(H,21,22)/t14-,18+/m1/s1. The van der Waals surface area contributed by atoms with Gasteiger partial charge >= 0.3 is 0 Å². The first-order valence-corrected chi connectivity index (χ1v) is 10.3. The summed E-state index contributed by atoms with van der Waals surface area (Å²) in [6.07, 6.45) is 9.10. The second-order valence-electron chi connectivity index (χ2n) is 8.56. The molecule has 2 amide bonds. The van der Waals surface area contributed by atoms with Crippen molar-refractivity contribution in [2.45, 2.75) is 63.8 Å². The highest BCUT2D eigenvalue weighted by atomic mass is 16.2. The van der Waals surface area contributed by atoms with Crippen LogP contribution in [-0.2, 0) is 28.9 Å². The zero-order valence-electron chi connectivity index (χ0n) is 15.4. The van der Waals surface area contributed by atoms with E-state index in [-0.39, 0.29) is 17.9 Å². The van der Waals surface area contributed by atoms with Gasteiger partial charge in [0.2, 0.25) is 11.8 Å². The molecule has 2 aliphatic carbocycles. The normalized spacial score (nSPS) is 27.5. The first kappa shape index (κ1) is 16.3. The van der Waals surface area contributed by atoms with Crippen molar-refractivity contribution in [1.82, 2.24) is 20.0 Å². The molecule has 3 heterocycles. The molecule has 0 unspecified atom stereocenters. The fraction of sp³-hybridized carbons (Fsp3) is 0.750. The van der Waals surface area contributed by atoms with Crippen LogP contribution in [0, 0.1) is 11.8 Å². The molecule has 1 saturated carbocycles. The van der Waals surface area contributed by atoms with E-state index in [2.05, 4.69) is 15.1 Å². The topological polar surface area (TPSA) is 69.3 Å². The maximum Gasteiger partial charge on any atom is 0.226 e. The van der Waals surface area contributed by atoms with Crippen LogP contribution in [0.25, 0.3) is 0 Å². The van der Waals surface area contributed by atoms with Gasteiger partial charge in [-0.3, -0.25) is 14.7 Å². The van der Waals surface area contributed by atoms with Crippen molar-refractivity contribution in [1.29, 1.82) is 0 Å². The second-order valence-corrected chi connectivity index (χ2v) is 8.56. The number of H-pyrrole nitrogens is 1. The minimum Gasteiger partial charge on any atom is -0.340 e. The average molecular weight is 356 g/mol. The van der Waals surface area contributed by atoms with Gasteiger partial charge in [0.1, 0.15) is 0 Å². The third-order valence-electron chi connectivity index (χ3n) is 6.83. The highest BCUT2D eigenvalue weighted by molar-refractivity contribution is 5.82. The number of nitrogens with one attached hydrogen (secondary N) is 1. The predicted octanol–water partition coefficient (Wildman–Crippen LogP) is 1.69. The number of aryl methyl sites for hydroxylation is 2. The van der Waals surface area contributed by atoms with Crippen LogP contribution in [0.2, 0.25) is 0 Å². The Kier molecular flexibility index (Phi) is 4.02. The van der Waals surface area contributed by atoms with Crippen LogP contribution in [-0.4, -0.2) is 57.5 Å². The Morgan fingerprint density at radius 1 is 1.12 bits per heavy atom. The summed E-state index contributed by atoms with van der Waals surface area (Å²) in [6, 6.07) is 0.269. The second kappa shape index (κ2) is 6.39. The fourth-order valence-corrected chi connectivity index (χ4v) is 5.14. The van der Waals surface area contributed by atoms with Crippen LogP contribution in [0.5, 0.6) is 0 Å². The molecule has 0 radical (unpaired) electrons. The molecular formula is C20H28N4O2. The maximum atomic E-state index is 12.7. The molecule has 140 valence electrons. The quantitative estimate of drug-likeness (QED) is 0.893. The first-order valence-electron chi connectivity index (χ1n) is 10.3. The summed E-state index contributed by atoms with van der Waals surface area (Å²) in [7, 11) is 0. The molecule has 0 bridgehead atoms. The number of nitrogens with zero attached hydrogens (tertiary/aromatic N) is 3. The molecule has 6 nitrogen and oxygen atoms in total. The van der Waals surface area contributed by atoms with Crippen molar-refractivity contribution in [3.63, 3.8) is 0 Å². The summed E-state index contributed by atoms with van der Waals surface area (Å²) >= 11 is 0. The molecule has 0 aromatic carbocycles. The molecule has 3 fully saturated rings. The summed E-state index contributed by atoms with van der Waals surface area (Å²) in [4.78, 5) is 29.3. The van der Waals surface area contributed by atoms with Crippen molar-refractivity contribution < 1.29 is 9.59 Å². The van der Waals surface area contributed by atoms with Gasteiger partial charge < -0.3 is 9.80 Å². The monoisotopic (exact) mass is 356 g/mol. The highest BCUT2D eigenvalue weighted by Gasteiger charge is 2.47. The number of fused-ring (bicyclic) bond motifs is 2. The van der Waals surface area contributed by atoms with Crippen LogP contribution in [0.4, 0.5) is 0 Å². The summed E-state index contributed by atoms with van der Waals surface area (Å²) in [5, 5.41) is 7.63. The summed E-state index contributed by atoms with van der Waals surface area (Å²) in [5.41, 5.74) is 3.74. The number of rotatable bonds is 4. The van der Waals surface area contributed by atoms with Gasteiger partial charge in [0.25, 0.3) is 0 Å². The van der Waals surface area contributed by atoms with Gasteiger partial charge in [0.05, 0.1) is 11.7 Å². The summed E-state index contributed by atoms with van der Waals surface area (Å²) < 4.78 is 0. The van der Waals surface area contributed by atoms with E-state index in [1.54, 1.807) is 0 Å². The van der Waals surface area contributed by atoms with Gasteiger partial charge in [-0.25, -0.2) is 0 Å². The largest absolute Gasteiger partial charge is 0.340 e. The summed E-state index contributed by atoms with van der Waals surface area (Å²) in [6.45, 7) is 2.46. The van der Waals surface area contributed by atoms with E-state index in [0.717, 1.165) is 63.9 Å². The van der Waals surface area contributed by atoms with Crippen molar-refractivity contribution in [2.75, 3.05) is 19.6 Å². The zero-order valence-corrected chi connectivity index (χ0v) is 15.4. The lowest BCUT2D eigenvalue weighted by molar-refractivity contribution is -0.135. The van der Waals surface area contributed by atoms with E-state index in [9.17, 15) is 9.59 Å². The lowest BCUT2D eigenvalue weighted by Gasteiger charge is -2.25. The molecule has 5 rings (SSSR count). The van der Waals surface area contributed by atoms with Crippen LogP contribution >= 0.6 is 0 Å². The smallest absolute Gasteiger partial charge is 0.226 e. The highest BCUT2D eigenvalue weighted by Crippen LogP contribution is 2.38. The van der Waals surface area contributed by atoms with E-state index < -0.39 is 0 Å². The van der Waals surface area contributed by atoms with Gasteiger partial charge in [0.15, 0.2) is 0 Å². The molecule has 0 spiro atoms. The van der Waals surface area contributed by atoms with Gasteiger partial charge in [-0.15, -0.1) is 0 Å². The van der Waals surface area contributed by atoms with Crippen LogP contribution in [0.3, 0.4) is 0 Å². The third-order valence-corrected chi connectivity index (χ3v) is 6.83. The zero-order chi connectivity index (χ0) is 17.7. The Hall–Kier alpha value is -1.85. The van der Waals surface area contributed by atoms with Gasteiger partial charge in [-0.1, -0.05) is 0 Å². The van der Waals surface area contributed by atoms with E-state index in [1.165, 1.54) is 24.1 Å². The molecule has 6 heteroatoms. The molecule has 26 heavy (non-hydrogen) atoms. The maximum absolute atomic E-state index is 12.7.